The lowest BCUT2D eigenvalue weighted by atomic mass is 10.0. The van der Waals surface area contributed by atoms with Crippen LogP contribution in [0.4, 0.5) is 5.82 Å². The molecule has 0 saturated carbocycles. The third kappa shape index (κ3) is 2.65. The summed E-state index contributed by atoms with van der Waals surface area (Å²) < 4.78 is 8.87. The number of benzene rings is 1. The van der Waals surface area contributed by atoms with Crippen molar-refractivity contribution in [2.45, 2.75) is 33.2 Å². The fourth-order valence-corrected chi connectivity index (χ4v) is 4.87. The van der Waals surface area contributed by atoms with Crippen LogP contribution in [-0.4, -0.2) is 26.6 Å². The molecule has 4 heterocycles. The number of anilines is 1. The van der Waals surface area contributed by atoms with Crippen LogP contribution in [0.1, 0.15) is 28.8 Å². The van der Waals surface area contributed by atoms with Crippen molar-refractivity contribution in [3.8, 4) is 5.75 Å². The number of thiophene rings is 1. The molecule has 0 amide bonds. The number of aromatic nitrogens is 4. The molecule has 0 aliphatic carbocycles. The van der Waals surface area contributed by atoms with Gasteiger partial charge in [-0.15, -0.1) is 16.4 Å². The van der Waals surface area contributed by atoms with Gasteiger partial charge in [0.2, 0.25) is 0 Å². The summed E-state index contributed by atoms with van der Waals surface area (Å²) in [6.07, 6.45) is 2.20. The van der Waals surface area contributed by atoms with E-state index in [4.69, 9.17) is 9.84 Å². The van der Waals surface area contributed by atoms with Gasteiger partial charge >= 0.3 is 0 Å². The highest BCUT2D eigenvalue weighted by Crippen LogP contribution is 2.38. The zero-order valence-corrected chi connectivity index (χ0v) is 16.5. The van der Waals surface area contributed by atoms with E-state index in [0.29, 0.717) is 6.54 Å². The Morgan fingerprint density at radius 1 is 1.26 bits per heavy atom. The molecule has 1 aliphatic heterocycles. The van der Waals surface area contributed by atoms with Crippen molar-refractivity contribution in [2.75, 3.05) is 11.9 Å². The topological polar surface area (TPSA) is 64.9 Å². The maximum absolute atomic E-state index is 5.79. The zero-order valence-electron chi connectivity index (χ0n) is 15.7. The van der Waals surface area contributed by atoms with Crippen molar-refractivity contribution in [1.29, 1.82) is 0 Å². The molecule has 5 rings (SSSR count). The van der Waals surface area contributed by atoms with Crippen molar-refractivity contribution in [1.82, 2.24) is 20.0 Å². The van der Waals surface area contributed by atoms with E-state index in [2.05, 4.69) is 40.6 Å². The molecule has 7 heteroatoms. The summed E-state index contributed by atoms with van der Waals surface area (Å²) in [6, 6.07) is 6.50. The molecule has 0 bridgehead atoms. The number of rotatable bonds is 3. The van der Waals surface area contributed by atoms with Gasteiger partial charge in [-0.1, -0.05) is 12.1 Å². The van der Waals surface area contributed by atoms with E-state index >= 15 is 0 Å². The van der Waals surface area contributed by atoms with E-state index in [1.807, 2.05) is 18.7 Å². The van der Waals surface area contributed by atoms with Gasteiger partial charge in [0.15, 0.2) is 5.82 Å². The van der Waals surface area contributed by atoms with Gasteiger partial charge in [0.25, 0.3) is 0 Å². The Kier molecular flexibility index (Phi) is 3.79. The van der Waals surface area contributed by atoms with Crippen molar-refractivity contribution < 1.29 is 4.74 Å². The molecule has 0 unspecified atom stereocenters. The lowest BCUT2D eigenvalue weighted by molar-refractivity contribution is 0.288. The number of hydrogen-bond donors (Lipinski definition) is 1. The van der Waals surface area contributed by atoms with Crippen LogP contribution in [0.25, 0.3) is 20.4 Å². The predicted molar refractivity (Wildman–Crippen MR) is 109 cm³/mol. The maximum atomic E-state index is 5.79. The largest absolute Gasteiger partial charge is 0.493 e. The molecule has 27 heavy (non-hydrogen) atoms. The molecule has 1 N–H and O–H groups in total. The average molecular weight is 379 g/mol. The first-order valence-electron chi connectivity index (χ1n) is 9.19. The average Bonchev–Trinajstić information content (AvgIpc) is 3.21. The summed E-state index contributed by atoms with van der Waals surface area (Å²) >= 11 is 1.65. The quantitative estimate of drug-likeness (QED) is 0.580. The van der Waals surface area contributed by atoms with Gasteiger partial charge in [-0.3, -0.25) is 4.68 Å². The SMILES string of the molecule is Cc1nnc2sc3c(NCc4ccc5c(c4)OCCC5)nn(C)c3c2c1C. The van der Waals surface area contributed by atoms with E-state index in [9.17, 15) is 0 Å². The fourth-order valence-electron chi connectivity index (χ4n) is 3.71. The highest BCUT2D eigenvalue weighted by atomic mass is 32.1. The molecule has 6 nitrogen and oxygen atoms in total. The standard InChI is InChI=1S/C20H21N5OS/c1-11-12(2)22-23-20-16(11)17-18(27-20)19(24-25(17)3)21-10-13-6-7-14-5-4-8-26-15(14)9-13/h6-7,9H,4-5,8,10H2,1-3H3,(H,21,24). The summed E-state index contributed by atoms with van der Waals surface area (Å²) in [7, 11) is 1.99. The van der Waals surface area contributed by atoms with E-state index < -0.39 is 0 Å². The van der Waals surface area contributed by atoms with Crippen LogP contribution in [0.2, 0.25) is 0 Å². The lowest BCUT2D eigenvalue weighted by Gasteiger charge is -2.18. The Morgan fingerprint density at radius 2 is 2.15 bits per heavy atom. The van der Waals surface area contributed by atoms with Gasteiger partial charge in [0.1, 0.15) is 10.6 Å². The Morgan fingerprint density at radius 3 is 3.04 bits per heavy atom. The van der Waals surface area contributed by atoms with E-state index in [1.165, 1.54) is 16.7 Å². The number of hydrogen-bond acceptors (Lipinski definition) is 6. The maximum Gasteiger partial charge on any atom is 0.166 e. The summed E-state index contributed by atoms with van der Waals surface area (Å²) in [5, 5.41) is 18.0. The first-order valence-corrected chi connectivity index (χ1v) is 10.0. The van der Waals surface area contributed by atoms with Crippen molar-refractivity contribution >= 4 is 37.6 Å². The zero-order chi connectivity index (χ0) is 18.5. The second kappa shape index (κ2) is 6.20. The van der Waals surface area contributed by atoms with Crippen molar-refractivity contribution in [3.05, 3.63) is 40.6 Å². The molecule has 0 saturated heterocycles. The predicted octanol–water partition coefficient (Wildman–Crippen LogP) is 4.13. The van der Waals surface area contributed by atoms with Crippen molar-refractivity contribution in [3.63, 3.8) is 0 Å². The minimum absolute atomic E-state index is 0.709. The van der Waals surface area contributed by atoms with Gasteiger partial charge < -0.3 is 10.1 Å². The van der Waals surface area contributed by atoms with Crippen LogP contribution in [0.5, 0.6) is 5.75 Å². The number of fused-ring (bicyclic) bond motifs is 4. The number of nitrogens with one attached hydrogen (secondary N) is 1. The van der Waals surface area contributed by atoms with E-state index in [0.717, 1.165) is 57.1 Å². The van der Waals surface area contributed by atoms with Crippen LogP contribution in [0, 0.1) is 13.8 Å². The fraction of sp³-hybridized carbons (Fsp3) is 0.350. The molecular formula is C20H21N5OS. The van der Waals surface area contributed by atoms with Gasteiger partial charge in [0.05, 0.1) is 22.5 Å². The molecule has 0 fully saturated rings. The van der Waals surface area contributed by atoms with Gasteiger partial charge in [-0.25, -0.2) is 0 Å². The summed E-state index contributed by atoms with van der Waals surface area (Å²) in [5.74, 6) is 1.92. The molecule has 0 spiro atoms. The highest BCUT2D eigenvalue weighted by molar-refractivity contribution is 7.26. The number of ether oxygens (including phenoxy) is 1. The smallest absolute Gasteiger partial charge is 0.166 e. The summed E-state index contributed by atoms with van der Waals surface area (Å²) in [4.78, 5) is 0.964. The Bertz CT molecular complexity index is 1180. The van der Waals surface area contributed by atoms with Crippen LogP contribution >= 0.6 is 11.3 Å². The third-order valence-corrected chi connectivity index (χ3v) is 6.37. The highest BCUT2D eigenvalue weighted by Gasteiger charge is 2.19. The van der Waals surface area contributed by atoms with Crippen LogP contribution in [0.15, 0.2) is 18.2 Å². The van der Waals surface area contributed by atoms with Gasteiger partial charge in [-0.2, -0.15) is 10.2 Å². The normalized spacial score (nSPS) is 13.7. The monoisotopic (exact) mass is 379 g/mol. The van der Waals surface area contributed by atoms with Crippen LogP contribution < -0.4 is 10.1 Å². The molecule has 0 atom stereocenters. The van der Waals surface area contributed by atoms with Gasteiger partial charge in [-0.05, 0) is 49.4 Å². The van der Waals surface area contributed by atoms with Crippen molar-refractivity contribution in [2.24, 2.45) is 7.05 Å². The minimum atomic E-state index is 0.709. The first kappa shape index (κ1) is 16.5. The molecule has 138 valence electrons. The van der Waals surface area contributed by atoms with E-state index in [-0.39, 0.29) is 0 Å². The molecular weight excluding hydrogens is 358 g/mol. The van der Waals surface area contributed by atoms with E-state index in [1.54, 1.807) is 11.3 Å². The van der Waals surface area contributed by atoms with Crippen LogP contribution in [-0.2, 0) is 20.0 Å². The second-order valence-corrected chi connectivity index (χ2v) is 8.09. The summed E-state index contributed by atoms with van der Waals surface area (Å²) in [5.41, 5.74) is 5.77. The summed E-state index contributed by atoms with van der Waals surface area (Å²) in [6.45, 7) is 5.62. The number of aryl methyl sites for hydroxylation is 4. The molecule has 3 aromatic heterocycles. The Labute approximate surface area is 161 Å². The third-order valence-electron chi connectivity index (χ3n) is 5.30. The number of nitrogens with zero attached hydrogens (tertiary/aromatic N) is 4. The molecule has 4 aromatic rings. The Hall–Kier alpha value is -2.67. The van der Waals surface area contributed by atoms with Gasteiger partial charge in [0, 0.05) is 19.0 Å². The molecule has 1 aliphatic rings. The Balaban J connectivity index is 1.50. The lowest BCUT2D eigenvalue weighted by Crippen LogP contribution is -2.09. The van der Waals surface area contributed by atoms with Crippen LogP contribution in [0.3, 0.4) is 0 Å². The minimum Gasteiger partial charge on any atom is -0.493 e. The molecule has 0 radical (unpaired) electrons. The second-order valence-electron chi connectivity index (χ2n) is 7.09. The first-order chi connectivity index (χ1) is 13.1. The molecule has 1 aromatic carbocycles.